The topological polar surface area (TPSA) is 34.0 Å². The second-order valence-electron chi connectivity index (χ2n) is 6.60. The average Bonchev–Trinajstić information content (AvgIpc) is 2.95. The van der Waals surface area contributed by atoms with E-state index in [1.165, 1.54) is 50.2 Å². The summed E-state index contributed by atoms with van der Waals surface area (Å²) in [4.78, 5) is 12.1. The third-order valence-corrected chi connectivity index (χ3v) is 6.28. The lowest BCUT2D eigenvalue weighted by molar-refractivity contribution is 0.211. The van der Waals surface area contributed by atoms with Gasteiger partial charge in [0.25, 0.3) is 0 Å². The van der Waals surface area contributed by atoms with E-state index < -0.39 is 0 Å². The number of piperidine rings is 1. The van der Waals surface area contributed by atoms with Crippen LogP contribution in [0.5, 0.6) is 0 Å². The van der Waals surface area contributed by atoms with Gasteiger partial charge in [0, 0.05) is 18.8 Å². The van der Waals surface area contributed by atoms with Crippen LogP contribution in [0.3, 0.4) is 0 Å². The molecule has 2 saturated heterocycles. The van der Waals surface area contributed by atoms with Crippen molar-refractivity contribution in [1.29, 1.82) is 0 Å². The highest BCUT2D eigenvalue weighted by atomic mass is 32.2. The summed E-state index contributed by atoms with van der Waals surface area (Å²) in [6.45, 7) is 2.33. The number of aromatic nitrogens is 3. The van der Waals surface area contributed by atoms with Gasteiger partial charge in [-0.15, -0.1) is 0 Å². The molecular weight excluding hydrogens is 292 g/mol. The van der Waals surface area contributed by atoms with E-state index >= 15 is 0 Å². The Morgan fingerprint density at radius 2 is 2.18 bits per heavy atom. The molecule has 2 unspecified atom stereocenters. The molecule has 0 aliphatic carbocycles. The third-order valence-electron chi connectivity index (χ3n) is 4.91. The molecule has 5 heteroatoms. The van der Waals surface area contributed by atoms with E-state index in [-0.39, 0.29) is 0 Å². The molecule has 2 aromatic heterocycles. The monoisotopic (exact) mass is 316 g/mol. The van der Waals surface area contributed by atoms with Crippen LogP contribution < -0.4 is 0 Å². The first-order valence-electron chi connectivity index (χ1n) is 8.46. The number of nitrogens with zero attached hydrogens (tertiary/aromatic N) is 4. The van der Waals surface area contributed by atoms with Crippen LogP contribution in [0.4, 0.5) is 0 Å². The molecule has 2 aromatic rings. The van der Waals surface area contributed by atoms with Crippen molar-refractivity contribution in [3.05, 3.63) is 24.2 Å². The second-order valence-corrected chi connectivity index (χ2v) is 7.91. The Labute approximate surface area is 136 Å². The Balaban J connectivity index is 1.78. The van der Waals surface area contributed by atoms with Crippen LogP contribution in [0.1, 0.15) is 49.2 Å². The molecule has 4 rings (SSSR count). The molecule has 0 bridgehead atoms. The summed E-state index contributed by atoms with van der Waals surface area (Å²) in [7, 11) is 2.23. The second kappa shape index (κ2) is 6.20. The SMILES string of the molecule is CN1CCCC(n2c(C3CCCCS3)nc3cccnc32)C1. The van der Waals surface area contributed by atoms with Gasteiger partial charge in [-0.25, -0.2) is 9.97 Å². The zero-order valence-electron chi connectivity index (χ0n) is 13.2. The maximum atomic E-state index is 5.00. The van der Waals surface area contributed by atoms with E-state index in [4.69, 9.17) is 4.98 Å². The van der Waals surface area contributed by atoms with E-state index in [1.807, 2.05) is 12.3 Å². The fourth-order valence-corrected chi connectivity index (χ4v) is 5.13. The first-order chi connectivity index (χ1) is 10.8. The first-order valence-corrected chi connectivity index (χ1v) is 9.51. The highest BCUT2D eigenvalue weighted by Crippen LogP contribution is 2.40. The van der Waals surface area contributed by atoms with Crippen molar-refractivity contribution >= 4 is 22.9 Å². The van der Waals surface area contributed by atoms with Gasteiger partial charge >= 0.3 is 0 Å². The lowest BCUT2D eigenvalue weighted by Crippen LogP contribution is -2.34. The largest absolute Gasteiger partial charge is 0.307 e. The van der Waals surface area contributed by atoms with Crippen molar-refractivity contribution in [2.45, 2.75) is 43.4 Å². The smallest absolute Gasteiger partial charge is 0.160 e. The molecule has 118 valence electrons. The van der Waals surface area contributed by atoms with E-state index in [9.17, 15) is 0 Å². The van der Waals surface area contributed by atoms with Gasteiger partial charge in [0.1, 0.15) is 11.3 Å². The molecule has 0 aromatic carbocycles. The van der Waals surface area contributed by atoms with Gasteiger partial charge in [0.05, 0.1) is 5.25 Å². The Morgan fingerprint density at radius 3 is 3.00 bits per heavy atom. The maximum Gasteiger partial charge on any atom is 0.160 e. The lowest BCUT2D eigenvalue weighted by Gasteiger charge is -2.33. The van der Waals surface area contributed by atoms with Crippen molar-refractivity contribution in [2.24, 2.45) is 0 Å². The Morgan fingerprint density at radius 1 is 1.23 bits per heavy atom. The molecule has 2 aliphatic rings. The minimum atomic E-state index is 0.524. The van der Waals surface area contributed by atoms with Gasteiger partial charge in [-0.3, -0.25) is 0 Å². The number of imidazole rings is 1. The molecule has 0 spiro atoms. The predicted octanol–water partition coefficient (Wildman–Crippen LogP) is 3.66. The van der Waals surface area contributed by atoms with Crippen LogP contribution in [0.15, 0.2) is 18.3 Å². The van der Waals surface area contributed by atoms with Crippen LogP contribution >= 0.6 is 11.8 Å². The number of hydrogen-bond donors (Lipinski definition) is 0. The van der Waals surface area contributed by atoms with E-state index in [0.29, 0.717) is 11.3 Å². The predicted molar refractivity (Wildman–Crippen MR) is 92.3 cm³/mol. The molecule has 2 aliphatic heterocycles. The number of thioether (sulfide) groups is 1. The fourth-order valence-electron chi connectivity index (χ4n) is 3.83. The minimum Gasteiger partial charge on any atom is -0.307 e. The van der Waals surface area contributed by atoms with Crippen LogP contribution in [0, 0.1) is 0 Å². The summed E-state index contributed by atoms with van der Waals surface area (Å²) in [5.41, 5.74) is 2.15. The molecule has 0 saturated carbocycles. The van der Waals surface area contributed by atoms with Crippen molar-refractivity contribution in [1.82, 2.24) is 19.4 Å². The van der Waals surface area contributed by atoms with Gasteiger partial charge in [-0.1, -0.05) is 6.42 Å². The number of likely N-dealkylation sites (N-methyl/N-ethyl adjacent to an activating group) is 1. The average molecular weight is 316 g/mol. The highest BCUT2D eigenvalue weighted by Gasteiger charge is 2.28. The van der Waals surface area contributed by atoms with Gasteiger partial charge in [-0.05, 0) is 57.2 Å². The van der Waals surface area contributed by atoms with Gasteiger partial charge in [0.15, 0.2) is 5.65 Å². The number of pyridine rings is 1. The summed E-state index contributed by atoms with van der Waals surface area (Å²) in [5, 5.41) is 0.551. The summed E-state index contributed by atoms with van der Waals surface area (Å²) in [6.07, 6.45) is 8.37. The number of rotatable bonds is 2. The van der Waals surface area contributed by atoms with E-state index in [0.717, 1.165) is 17.7 Å². The minimum absolute atomic E-state index is 0.524. The maximum absolute atomic E-state index is 5.00. The van der Waals surface area contributed by atoms with Crippen molar-refractivity contribution in [3.63, 3.8) is 0 Å². The zero-order chi connectivity index (χ0) is 14.9. The fraction of sp³-hybridized carbons (Fsp3) is 0.647. The molecule has 22 heavy (non-hydrogen) atoms. The van der Waals surface area contributed by atoms with Gasteiger partial charge in [-0.2, -0.15) is 11.8 Å². The van der Waals surface area contributed by atoms with Crippen LogP contribution in [-0.4, -0.2) is 45.3 Å². The van der Waals surface area contributed by atoms with Crippen molar-refractivity contribution in [3.8, 4) is 0 Å². The molecule has 4 heterocycles. The Kier molecular flexibility index (Phi) is 4.09. The first kappa shape index (κ1) is 14.5. The normalized spacial score (nSPS) is 27.3. The zero-order valence-corrected chi connectivity index (χ0v) is 14.1. The molecule has 0 N–H and O–H groups in total. The van der Waals surface area contributed by atoms with Crippen LogP contribution in [0.2, 0.25) is 0 Å². The number of hydrogen-bond acceptors (Lipinski definition) is 4. The highest BCUT2D eigenvalue weighted by molar-refractivity contribution is 7.99. The summed E-state index contributed by atoms with van der Waals surface area (Å²) < 4.78 is 2.48. The van der Waals surface area contributed by atoms with Crippen LogP contribution in [-0.2, 0) is 0 Å². The third kappa shape index (κ3) is 2.65. The molecule has 0 radical (unpaired) electrons. The van der Waals surface area contributed by atoms with Crippen LogP contribution in [0.25, 0.3) is 11.2 Å². The summed E-state index contributed by atoms with van der Waals surface area (Å²) in [6, 6.07) is 4.64. The number of fused-ring (bicyclic) bond motifs is 1. The molecule has 4 nitrogen and oxygen atoms in total. The molecule has 2 atom stereocenters. The van der Waals surface area contributed by atoms with E-state index in [2.05, 4.69) is 39.3 Å². The van der Waals surface area contributed by atoms with Gasteiger partial charge < -0.3 is 9.47 Å². The Hall–Kier alpha value is -1.07. The lowest BCUT2D eigenvalue weighted by atomic mass is 10.1. The standard InChI is InChI=1S/C17H24N4S/c1-20-10-5-6-13(12-20)21-16-14(7-4-9-18-16)19-17(21)15-8-2-3-11-22-15/h4,7,9,13,15H,2-3,5-6,8,10-12H2,1H3. The van der Waals surface area contributed by atoms with Gasteiger partial charge in [0.2, 0.25) is 0 Å². The van der Waals surface area contributed by atoms with E-state index in [1.54, 1.807) is 0 Å². The molecule has 0 amide bonds. The molecular formula is C17H24N4S. The Bertz CT molecular complexity index is 647. The summed E-state index contributed by atoms with van der Waals surface area (Å²) in [5.74, 6) is 2.55. The number of likely N-dealkylation sites (tertiary alicyclic amines) is 1. The van der Waals surface area contributed by atoms with Crippen molar-refractivity contribution < 1.29 is 0 Å². The molecule has 2 fully saturated rings. The summed E-state index contributed by atoms with van der Waals surface area (Å²) >= 11 is 2.09. The van der Waals surface area contributed by atoms with Crippen molar-refractivity contribution in [2.75, 3.05) is 25.9 Å². The quantitative estimate of drug-likeness (QED) is 0.847.